The summed E-state index contributed by atoms with van der Waals surface area (Å²) >= 11 is 1.86. The van der Waals surface area contributed by atoms with Crippen LogP contribution in [-0.2, 0) is 0 Å². The number of hydrogen-bond donors (Lipinski definition) is 0. The van der Waals surface area contributed by atoms with Crippen molar-refractivity contribution in [3.05, 3.63) is 231 Å². The lowest BCUT2D eigenvalue weighted by atomic mass is 10.00. The molecule has 0 bridgehead atoms. The van der Waals surface area contributed by atoms with Crippen molar-refractivity contribution in [2.24, 2.45) is 0 Å². The summed E-state index contributed by atoms with van der Waals surface area (Å²) in [6.45, 7) is 0. The van der Waals surface area contributed by atoms with Crippen LogP contribution in [0, 0.1) is 0 Å². The van der Waals surface area contributed by atoms with Crippen LogP contribution in [0.5, 0.6) is 0 Å². The molecule has 10 aromatic rings. The van der Waals surface area contributed by atoms with Crippen molar-refractivity contribution in [1.82, 2.24) is 0 Å². The Labute approximate surface area is 337 Å². The number of anilines is 6. The van der Waals surface area contributed by atoms with Crippen LogP contribution >= 0.6 is 11.3 Å². The molecule has 0 saturated heterocycles. The SMILES string of the molecule is c1ccc(-c2ccc(-c3ccc(N(c4ccccc4)c4ccc(-c5ccc(N(c6ccccc6)c6cccc7c6sc6ccccc67)cc5)cc4)cc3)cc2)cc1. The summed E-state index contributed by atoms with van der Waals surface area (Å²) in [4.78, 5) is 4.70. The van der Waals surface area contributed by atoms with E-state index in [-0.39, 0.29) is 0 Å². The Hall–Kier alpha value is -7.20. The summed E-state index contributed by atoms with van der Waals surface area (Å²) in [5, 5.41) is 2.60. The van der Waals surface area contributed by atoms with Gasteiger partial charge in [0.2, 0.25) is 0 Å². The van der Waals surface area contributed by atoms with Crippen molar-refractivity contribution in [2.75, 3.05) is 9.80 Å². The van der Waals surface area contributed by atoms with E-state index in [9.17, 15) is 0 Å². The Bertz CT molecular complexity index is 2900. The second-order valence-corrected chi connectivity index (χ2v) is 15.2. The summed E-state index contributed by atoms with van der Waals surface area (Å²) in [7, 11) is 0. The predicted molar refractivity (Wildman–Crippen MR) is 245 cm³/mol. The molecule has 0 N–H and O–H groups in total. The Balaban J connectivity index is 0.944. The maximum absolute atomic E-state index is 2.38. The molecule has 3 heteroatoms. The number of thiophene rings is 1. The molecule has 10 rings (SSSR count). The first-order chi connectivity index (χ1) is 28.3. The van der Waals surface area contributed by atoms with Crippen molar-refractivity contribution in [3.8, 4) is 33.4 Å². The summed E-state index contributed by atoms with van der Waals surface area (Å²) in [6.07, 6.45) is 0. The van der Waals surface area contributed by atoms with Gasteiger partial charge in [-0.05, 0) is 106 Å². The molecule has 0 aliphatic rings. The molecule has 2 nitrogen and oxygen atoms in total. The highest BCUT2D eigenvalue weighted by Gasteiger charge is 2.18. The van der Waals surface area contributed by atoms with E-state index in [2.05, 4.69) is 240 Å². The monoisotopic (exact) mass is 746 g/mol. The molecule has 9 aromatic carbocycles. The lowest BCUT2D eigenvalue weighted by Crippen LogP contribution is -2.10. The molecule has 0 spiro atoms. The van der Waals surface area contributed by atoms with E-state index in [0.717, 1.165) is 28.4 Å². The van der Waals surface area contributed by atoms with E-state index in [0.29, 0.717) is 0 Å². The standard InChI is InChI=1S/C54H38N2S/c1-4-13-39(14-5-1)40-23-25-41(26-24-40)42-27-33-47(34-28-42)55(45-15-6-2-7-16-45)48-35-29-43(30-36-48)44-31-37-49(38-32-44)56(46-17-8-3-9-18-46)52-21-12-20-51-50-19-10-11-22-53(50)57-54(51)52/h1-38H. The topological polar surface area (TPSA) is 6.48 Å². The summed E-state index contributed by atoms with van der Waals surface area (Å²) in [6, 6.07) is 82.8. The van der Waals surface area contributed by atoms with E-state index < -0.39 is 0 Å². The lowest BCUT2D eigenvalue weighted by molar-refractivity contribution is 1.28. The second-order valence-electron chi connectivity index (χ2n) is 14.2. The first-order valence-corrected chi connectivity index (χ1v) is 20.2. The summed E-state index contributed by atoms with van der Waals surface area (Å²) in [5.74, 6) is 0. The van der Waals surface area contributed by atoms with Crippen LogP contribution in [-0.4, -0.2) is 0 Å². The zero-order valence-electron chi connectivity index (χ0n) is 31.2. The Morgan fingerprint density at radius 1 is 0.246 bits per heavy atom. The van der Waals surface area contributed by atoms with Crippen LogP contribution in [0.3, 0.4) is 0 Å². The molecule has 1 aromatic heterocycles. The molecule has 0 radical (unpaired) electrons. The van der Waals surface area contributed by atoms with Gasteiger partial charge in [-0.15, -0.1) is 11.3 Å². The maximum atomic E-state index is 2.38. The van der Waals surface area contributed by atoms with Crippen LogP contribution in [0.4, 0.5) is 34.1 Å². The Morgan fingerprint density at radius 2 is 0.596 bits per heavy atom. The number of benzene rings is 9. The molecule has 1 heterocycles. The van der Waals surface area contributed by atoms with Gasteiger partial charge in [-0.1, -0.05) is 158 Å². The first kappa shape index (κ1) is 34.3. The largest absolute Gasteiger partial charge is 0.311 e. The van der Waals surface area contributed by atoms with Gasteiger partial charge in [0, 0.05) is 43.9 Å². The molecule has 0 amide bonds. The van der Waals surface area contributed by atoms with E-state index in [1.54, 1.807) is 0 Å². The smallest absolute Gasteiger partial charge is 0.0640 e. The molecule has 0 aliphatic carbocycles. The van der Waals surface area contributed by atoms with Crippen molar-refractivity contribution < 1.29 is 0 Å². The van der Waals surface area contributed by atoms with Gasteiger partial charge in [0.05, 0.1) is 10.4 Å². The van der Waals surface area contributed by atoms with Crippen LogP contribution in [0.15, 0.2) is 231 Å². The molecule has 0 unspecified atom stereocenters. The van der Waals surface area contributed by atoms with Crippen molar-refractivity contribution in [1.29, 1.82) is 0 Å². The average Bonchev–Trinajstić information content (AvgIpc) is 3.68. The fourth-order valence-electron chi connectivity index (χ4n) is 7.83. The summed E-state index contributed by atoms with van der Waals surface area (Å²) in [5.41, 5.74) is 14.0. The second kappa shape index (κ2) is 15.1. The molecule has 57 heavy (non-hydrogen) atoms. The number of hydrogen-bond acceptors (Lipinski definition) is 3. The maximum Gasteiger partial charge on any atom is 0.0640 e. The van der Waals surface area contributed by atoms with Gasteiger partial charge in [0.25, 0.3) is 0 Å². The summed E-state index contributed by atoms with van der Waals surface area (Å²) < 4.78 is 2.59. The number of para-hydroxylation sites is 2. The molecular formula is C54H38N2S. The zero-order valence-corrected chi connectivity index (χ0v) is 32.1. The van der Waals surface area contributed by atoms with Crippen LogP contribution in [0.2, 0.25) is 0 Å². The molecule has 0 saturated carbocycles. The zero-order chi connectivity index (χ0) is 38.0. The molecule has 0 atom stereocenters. The first-order valence-electron chi connectivity index (χ1n) is 19.3. The quantitative estimate of drug-likeness (QED) is 0.145. The third-order valence-corrected chi connectivity index (χ3v) is 11.9. The van der Waals surface area contributed by atoms with E-state index in [4.69, 9.17) is 0 Å². The highest BCUT2D eigenvalue weighted by molar-refractivity contribution is 7.26. The van der Waals surface area contributed by atoms with Gasteiger partial charge in [0.1, 0.15) is 0 Å². The number of nitrogens with zero attached hydrogens (tertiary/aromatic N) is 2. The fourth-order valence-corrected chi connectivity index (χ4v) is 9.04. The van der Waals surface area contributed by atoms with Crippen LogP contribution < -0.4 is 9.80 Å². The minimum atomic E-state index is 1.10. The van der Waals surface area contributed by atoms with Gasteiger partial charge >= 0.3 is 0 Å². The van der Waals surface area contributed by atoms with E-state index in [1.807, 2.05) is 11.3 Å². The van der Waals surface area contributed by atoms with E-state index >= 15 is 0 Å². The third-order valence-electron chi connectivity index (χ3n) is 10.7. The predicted octanol–water partition coefficient (Wildman–Crippen LogP) is 16.0. The number of fused-ring (bicyclic) bond motifs is 3. The Morgan fingerprint density at radius 3 is 1.11 bits per heavy atom. The van der Waals surface area contributed by atoms with Gasteiger partial charge in [-0.2, -0.15) is 0 Å². The minimum Gasteiger partial charge on any atom is -0.311 e. The average molecular weight is 747 g/mol. The molecular weight excluding hydrogens is 709 g/mol. The lowest BCUT2D eigenvalue weighted by Gasteiger charge is -2.26. The van der Waals surface area contributed by atoms with Crippen LogP contribution in [0.25, 0.3) is 53.6 Å². The van der Waals surface area contributed by atoms with Crippen molar-refractivity contribution in [2.45, 2.75) is 0 Å². The highest BCUT2D eigenvalue weighted by Crippen LogP contribution is 2.45. The van der Waals surface area contributed by atoms with Gasteiger partial charge < -0.3 is 9.80 Å². The normalized spacial score (nSPS) is 11.2. The van der Waals surface area contributed by atoms with Gasteiger partial charge in [-0.3, -0.25) is 0 Å². The Kier molecular flexibility index (Phi) is 9.11. The van der Waals surface area contributed by atoms with Crippen molar-refractivity contribution in [3.63, 3.8) is 0 Å². The highest BCUT2D eigenvalue weighted by atomic mass is 32.1. The molecule has 0 aliphatic heterocycles. The van der Waals surface area contributed by atoms with Gasteiger partial charge in [-0.25, -0.2) is 0 Å². The van der Waals surface area contributed by atoms with Crippen LogP contribution in [0.1, 0.15) is 0 Å². The van der Waals surface area contributed by atoms with Crippen molar-refractivity contribution >= 4 is 65.6 Å². The molecule has 0 fully saturated rings. The van der Waals surface area contributed by atoms with E-state index in [1.165, 1.54) is 59.2 Å². The molecule has 270 valence electrons. The fraction of sp³-hybridized carbons (Fsp3) is 0. The number of rotatable bonds is 9. The third kappa shape index (κ3) is 6.75. The minimum absolute atomic E-state index is 1.10. The van der Waals surface area contributed by atoms with Gasteiger partial charge in [0.15, 0.2) is 0 Å².